The van der Waals surface area contributed by atoms with Crippen molar-refractivity contribution in [2.75, 3.05) is 0 Å². The molecule has 0 aliphatic heterocycles. The molecule has 9 aliphatic carbocycles. The molecule has 24 atom stereocenters. The highest BCUT2D eigenvalue weighted by molar-refractivity contribution is 7.81. The van der Waals surface area contributed by atoms with E-state index in [0.717, 1.165) is 57.8 Å². The highest BCUT2D eigenvalue weighted by atomic mass is 32.3. The van der Waals surface area contributed by atoms with Crippen LogP contribution in [0, 0.1) is 110 Å². The van der Waals surface area contributed by atoms with Gasteiger partial charge in [-0.15, -0.1) is 0 Å². The lowest BCUT2D eigenvalue weighted by atomic mass is 9.43. The second-order valence-corrected chi connectivity index (χ2v) is 33.5. The second kappa shape index (κ2) is 21.6. The largest absolute Gasteiger partial charge is 0.397 e. The van der Waals surface area contributed by atoms with E-state index in [1.165, 1.54) is 5.57 Å². The van der Waals surface area contributed by atoms with Gasteiger partial charge in [-0.3, -0.25) is 22.8 Å². The Morgan fingerprint density at radius 2 is 0.938 bits per heavy atom. The number of fused-ring (bicyclic) bond motifs is 10. The third kappa shape index (κ3) is 12.4. The number of allylic oxidation sites excluding steroid dienone is 4. The topological polar surface area (TPSA) is 338 Å². The highest BCUT2D eigenvalue weighted by Crippen LogP contribution is 2.71. The quantitative estimate of drug-likeness (QED) is 0.0584. The average Bonchev–Trinajstić information content (AvgIpc) is 4.07. The van der Waals surface area contributed by atoms with Crippen LogP contribution in [-0.4, -0.2) is 107 Å². The molecule has 460 valence electrons. The fourth-order valence-electron chi connectivity index (χ4n) is 21.2. The van der Waals surface area contributed by atoms with Gasteiger partial charge in [0.15, 0.2) is 0 Å². The number of hydrogen-bond donors (Lipinski definition) is 6. The first-order chi connectivity index (χ1) is 36.6. The van der Waals surface area contributed by atoms with Gasteiger partial charge < -0.3 is 5.11 Å². The predicted molar refractivity (Wildman–Crippen MR) is 291 cm³/mol. The van der Waals surface area contributed by atoms with Crippen molar-refractivity contribution in [3.63, 3.8) is 0 Å². The summed E-state index contributed by atoms with van der Waals surface area (Å²) in [6.45, 7) is 20.0. The fourth-order valence-corrected chi connectivity index (χ4v) is 23.7. The van der Waals surface area contributed by atoms with Crippen LogP contribution in [0.25, 0.3) is 0 Å². The van der Waals surface area contributed by atoms with Gasteiger partial charge in [-0.25, -0.2) is 20.9 Å². The van der Waals surface area contributed by atoms with E-state index in [9.17, 15) is 70.0 Å². The molecule has 6 N–H and O–H groups in total. The summed E-state index contributed by atoms with van der Waals surface area (Å²) >= 11 is 0. The van der Waals surface area contributed by atoms with E-state index in [4.69, 9.17) is 20.9 Å². The normalized spacial score (nSPS) is 46.6. The fraction of sp³-hybridized carbons (Fsp3) is 0.926. The predicted octanol–water partition coefficient (Wildman–Crippen LogP) is 8.87. The standard InChI is InChI=1S/C54H88O21S5/c1-29(35-14-16-39-34-23-46(72-77(59,60)61)43-25-47(73-78(62,63)64)49(75-80(68,69)70)28-54(43,9)41(34)19-21-51(35,39)6)10-12-32-31(3)26-50(4,5)37(32)13-11-30(2)36-15-17-38-33-22-45(71-76(56,57)58)42-24-44(55)48(74-79(65,66)67)27-53(42,8)40(33)18-20-52(36,38)7/h11,13,26,29-30,32-49,55H,10,12,14-25,27-28H2,1-9H3,(H,56,57,58)(H,59,60,61)(H,62,63,64)(H,65,66,67)(H,68,69,70)/b13-11-/t29?,30?,32-,33-,34-,35+,36+,37-,38-,39-,40-,41-,42+,43+,44+,45-,46-,47-,48-,49-,51+,52+,53+,54+/m0/s1. The molecule has 8 fully saturated rings. The molecule has 0 radical (unpaired) electrons. The third-order valence-corrected chi connectivity index (χ3v) is 26.5. The number of aliphatic hydroxyl groups excluding tert-OH is 1. The lowest BCUT2D eigenvalue weighted by molar-refractivity contribution is -0.186. The van der Waals surface area contributed by atoms with Crippen LogP contribution in [0.3, 0.4) is 0 Å². The molecule has 0 aromatic heterocycles. The maximum Gasteiger partial charge on any atom is 0.397 e. The lowest BCUT2D eigenvalue weighted by Gasteiger charge is -2.63. The molecule has 0 amide bonds. The van der Waals surface area contributed by atoms with Crippen LogP contribution in [0.5, 0.6) is 0 Å². The summed E-state index contributed by atoms with van der Waals surface area (Å²) in [7, 11) is -25.1. The van der Waals surface area contributed by atoms with Crippen LogP contribution in [0.1, 0.15) is 165 Å². The van der Waals surface area contributed by atoms with Crippen molar-refractivity contribution < 1.29 is 90.9 Å². The first-order valence-electron chi connectivity index (χ1n) is 28.9. The molecular weight excluding hydrogens is 1140 g/mol. The van der Waals surface area contributed by atoms with Gasteiger partial charge in [-0.1, -0.05) is 79.2 Å². The zero-order chi connectivity index (χ0) is 59.1. The Balaban J connectivity index is 0.888. The molecule has 26 heteroatoms. The molecule has 2 unspecified atom stereocenters. The van der Waals surface area contributed by atoms with E-state index in [-0.39, 0.29) is 95.7 Å². The van der Waals surface area contributed by atoms with Crippen LogP contribution in [-0.2, 0) is 72.9 Å². The van der Waals surface area contributed by atoms with Crippen molar-refractivity contribution in [2.24, 2.45) is 110 Å². The van der Waals surface area contributed by atoms with E-state index in [0.29, 0.717) is 36.5 Å². The van der Waals surface area contributed by atoms with Crippen molar-refractivity contribution in [3.05, 3.63) is 23.8 Å². The van der Waals surface area contributed by atoms with Crippen LogP contribution in [0.2, 0.25) is 0 Å². The van der Waals surface area contributed by atoms with Crippen molar-refractivity contribution >= 4 is 52.0 Å². The zero-order valence-corrected chi connectivity index (χ0v) is 51.5. The molecule has 9 rings (SSSR count). The molecule has 9 aliphatic rings. The molecule has 0 aromatic rings. The van der Waals surface area contributed by atoms with E-state index in [2.05, 4.69) is 66.7 Å². The summed E-state index contributed by atoms with van der Waals surface area (Å²) in [6, 6.07) is 0. The van der Waals surface area contributed by atoms with Gasteiger partial charge in [0.25, 0.3) is 0 Å². The summed E-state index contributed by atoms with van der Waals surface area (Å²) in [6.07, 6.45) is 8.56. The molecule has 21 nitrogen and oxygen atoms in total. The minimum Gasteiger partial charge on any atom is -0.390 e. The Kier molecular flexibility index (Phi) is 17.1. The Morgan fingerprint density at radius 3 is 1.44 bits per heavy atom. The summed E-state index contributed by atoms with van der Waals surface area (Å²) in [5.41, 5.74) is -0.655. The third-order valence-electron chi connectivity index (χ3n) is 24.0. The summed E-state index contributed by atoms with van der Waals surface area (Å²) < 4.78 is 196. The van der Waals surface area contributed by atoms with Gasteiger partial charge in [-0.2, -0.15) is 42.1 Å². The molecule has 0 spiro atoms. The number of hydrogen-bond acceptors (Lipinski definition) is 16. The van der Waals surface area contributed by atoms with Crippen molar-refractivity contribution in [2.45, 2.75) is 202 Å². The van der Waals surface area contributed by atoms with Crippen LogP contribution >= 0.6 is 0 Å². The van der Waals surface area contributed by atoms with Gasteiger partial charge >= 0.3 is 52.0 Å². The monoisotopic (exact) mass is 1230 g/mol. The van der Waals surface area contributed by atoms with Gasteiger partial charge in [0, 0.05) is 0 Å². The highest BCUT2D eigenvalue weighted by Gasteiger charge is 2.67. The van der Waals surface area contributed by atoms with Gasteiger partial charge in [0.05, 0.1) is 18.3 Å². The molecular formula is C54H88O21S5. The molecule has 8 saturated carbocycles. The Bertz CT molecular complexity index is 2990. The van der Waals surface area contributed by atoms with E-state index < -0.39 is 111 Å². The molecule has 0 aromatic carbocycles. The van der Waals surface area contributed by atoms with Gasteiger partial charge in [-0.05, 0) is 220 Å². The summed E-state index contributed by atoms with van der Waals surface area (Å²) in [4.78, 5) is 0. The van der Waals surface area contributed by atoms with E-state index in [1.54, 1.807) is 0 Å². The SMILES string of the molecule is CC1=CC(C)(C)[C@@H](/C=C\C(C)[C@H]2CC[C@H]3[C@@H]4C[C@H](OS(=O)(=O)O)[C@H]5C[C@@H](O)[C@@H](OS(=O)(=O)O)C[C@]5(C)[C@H]4CC[C@]23C)[C@H]1CCC(C)[C@H]1CC[C@H]2[C@@H]3C[C@H](OS(=O)(=O)O)[C@H]4C[C@H](OS(=O)(=O)O)[C@@H](OS(=O)(=O)O)C[C@]4(C)[C@H]3CC[C@]12C. The average molecular weight is 1230 g/mol. The molecule has 0 saturated heterocycles. The molecule has 80 heavy (non-hydrogen) atoms. The number of rotatable bonds is 17. The molecule has 0 bridgehead atoms. The zero-order valence-electron chi connectivity index (χ0n) is 47.4. The van der Waals surface area contributed by atoms with Gasteiger partial charge in [0.2, 0.25) is 0 Å². The summed E-state index contributed by atoms with van der Waals surface area (Å²) in [5.74, 6) is 0.525. The van der Waals surface area contributed by atoms with Crippen LogP contribution in [0.15, 0.2) is 23.8 Å². The van der Waals surface area contributed by atoms with Crippen molar-refractivity contribution in [1.82, 2.24) is 0 Å². The van der Waals surface area contributed by atoms with Crippen molar-refractivity contribution in [1.29, 1.82) is 0 Å². The number of aliphatic hydroxyl groups is 1. The van der Waals surface area contributed by atoms with E-state index >= 15 is 0 Å². The maximum absolute atomic E-state index is 12.4. The molecule has 0 heterocycles. The van der Waals surface area contributed by atoms with Crippen LogP contribution in [0.4, 0.5) is 0 Å². The summed E-state index contributed by atoms with van der Waals surface area (Å²) in [5, 5.41) is 11.0. The Hall–Kier alpha value is -1.21. The van der Waals surface area contributed by atoms with Crippen molar-refractivity contribution in [3.8, 4) is 0 Å². The minimum atomic E-state index is -5.15. The first kappa shape index (κ1) is 63.3. The second-order valence-electron chi connectivity index (χ2n) is 28.3. The van der Waals surface area contributed by atoms with Gasteiger partial charge in [0.1, 0.15) is 18.3 Å². The first-order valence-corrected chi connectivity index (χ1v) is 35.7. The van der Waals surface area contributed by atoms with E-state index in [1.807, 2.05) is 13.8 Å². The smallest absolute Gasteiger partial charge is 0.390 e. The Labute approximate surface area is 475 Å². The minimum absolute atomic E-state index is 0.00923. The van der Waals surface area contributed by atoms with Crippen LogP contribution < -0.4 is 0 Å². The maximum atomic E-state index is 12.4. The lowest BCUT2D eigenvalue weighted by Crippen LogP contribution is -2.62. The Morgan fingerprint density at radius 1 is 0.525 bits per heavy atom.